The summed E-state index contributed by atoms with van der Waals surface area (Å²) in [6, 6.07) is 0. The number of ketones is 1. The molecule has 5 saturated carbocycles. The quantitative estimate of drug-likeness (QED) is 0.679. The first-order chi connectivity index (χ1) is 11.3. The van der Waals surface area contributed by atoms with Gasteiger partial charge in [-0.25, -0.2) is 0 Å². The zero-order valence-corrected chi connectivity index (χ0v) is 15.3. The fraction of sp³-hybridized carbons (Fsp3) is 0.905. The highest BCUT2D eigenvalue weighted by molar-refractivity contribution is 5.91. The van der Waals surface area contributed by atoms with Crippen molar-refractivity contribution in [3.8, 4) is 0 Å². The predicted molar refractivity (Wildman–Crippen MR) is 90.1 cm³/mol. The Labute approximate surface area is 144 Å². The van der Waals surface area contributed by atoms with Gasteiger partial charge in [-0.2, -0.15) is 0 Å². The molecule has 5 rings (SSSR count). The van der Waals surface area contributed by atoms with Crippen LogP contribution in [0.25, 0.3) is 0 Å². The lowest BCUT2D eigenvalue weighted by molar-refractivity contribution is -0.165. The molecule has 0 aromatic carbocycles. The summed E-state index contributed by atoms with van der Waals surface area (Å²) in [6.07, 6.45) is 9.13. The highest BCUT2D eigenvalue weighted by Gasteiger charge is 2.77. The molecule has 3 heteroatoms. The maximum absolute atomic E-state index is 13.2. The van der Waals surface area contributed by atoms with Crippen molar-refractivity contribution in [1.29, 1.82) is 0 Å². The second-order valence-electron chi connectivity index (χ2n) is 10.1. The smallest absolute Gasteiger partial charge is 0.302 e. The van der Waals surface area contributed by atoms with Gasteiger partial charge in [0.15, 0.2) is 0 Å². The molecule has 5 fully saturated rings. The van der Waals surface area contributed by atoms with Gasteiger partial charge < -0.3 is 4.74 Å². The maximum Gasteiger partial charge on any atom is 0.302 e. The average molecular weight is 330 g/mol. The van der Waals surface area contributed by atoms with Crippen LogP contribution in [0.15, 0.2) is 0 Å². The zero-order valence-electron chi connectivity index (χ0n) is 15.3. The molecule has 0 aromatic rings. The minimum atomic E-state index is -0.147. The molecule has 0 heterocycles. The number of carbonyl (C=O) groups is 2. The Morgan fingerprint density at radius 2 is 1.88 bits per heavy atom. The van der Waals surface area contributed by atoms with Crippen LogP contribution in [0.1, 0.15) is 72.1 Å². The number of fused-ring (bicyclic) bond motifs is 4. The summed E-state index contributed by atoms with van der Waals surface area (Å²) < 4.78 is 5.71. The molecule has 0 aliphatic heterocycles. The van der Waals surface area contributed by atoms with Gasteiger partial charge in [0.05, 0.1) is 0 Å². The third-order valence-corrected chi connectivity index (χ3v) is 9.53. The van der Waals surface area contributed by atoms with Crippen LogP contribution < -0.4 is 0 Å². The molecule has 0 bridgehead atoms. The van der Waals surface area contributed by atoms with Gasteiger partial charge in [0.2, 0.25) is 0 Å². The fourth-order valence-corrected chi connectivity index (χ4v) is 8.36. The monoisotopic (exact) mass is 330 g/mol. The highest BCUT2D eigenvalue weighted by Crippen LogP contribution is 2.80. The van der Waals surface area contributed by atoms with Gasteiger partial charge in [-0.15, -0.1) is 0 Å². The van der Waals surface area contributed by atoms with Crippen molar-refractivity contribution in [3.05, 3.63) is 0 Å². The summed E-state index contributed by atoms with van der Waals surface area (Å²) in [4.78, 5) is 24.7. The highest BCUT2D eigenvalue weighted by atomic mass is 16.5. The number of hydrogen-bond acceptors (Lipinski definition) is 3. The van der Waals surface area contributed by atoms with Gasteiger partial charge >= 0.3 is 5.97 Å². The molecule has 0 radical (unpaired) electrons. The molecule has 24 heavy (non-hydrogen) atoms. The van der Waals surface area contributed by atoms with Crippen LogP contribution in [0.5, 0.6) is 0 Å². The lowest BCUT2D eigenvalue weighted by Gasteiger charge is -2.57. The Hall–Kier alpha value is -0.860. The predicted octanol–water partition coefficient (Wildman–Crippen LogP) is 4.14. The van der Waals surface area contributed by atoms with Crippen LogP contribution in [-0.4, -0.2) is 17.9 Å². The average Bonchev–Trinajstić information content (AvgIpc) is 3.07. The molecular weight excluding hydrogens is 300 g/mol. The topological polar surface area (TPSA) is 43.4 Å². The zero-order chi connectivity index (χ0) is 16.9. The number of ether oxygens (including phenoxy) is 1. The summed E-state index contributed by atoms with van der Waals surface area (Å²) in [5.74, 6) is 2.97. The van der Waals surface area contributed by atoms with Crippen LogP contribution in [0.4, 0.5) is 0 Å². The van der Waals surface area contributed by atoms with Gasteiger partial charge in [-0.1, -0.05) is 13.8 Å². The van der Waals surface area contributed by atoms with E-state index in [0.717, 1.165) is 25.2 Å². The van der Waals surface area contributed by atoms with Crippen LogP contribution in [0, 0.1) is 39.9 Å². The van der Waals surface area contributed by atoms with Crippen LogP contribution in [-0.2, 0) is 14.3 Å². The summed E-state index contributed by atoms with van der Waals surface area (Å²) >= 11 is 0. The first kappa shape index (κ1) is 15.4. The van der Waals surface area contributed by atoms with Gasteiger partial charge in [-0.3, -0.25) is 9.59 Å². The summed E-state index contributed by atoms with van der Waals surface area (Å²) in [5.41, 5.74) is 0.434. The summed E-state index contributed by atoms with van der Waals surface area (Å²) in [7, 11) is 0. The second kappa shape index (κ2) is 4.45. The van der Waals surface area contributed by atoms with Crippen molar-refractivity contribution < 1.29 is 14.3 Å². The van der Waals surface area contributed by atoms with Gasteiger partial charge in [0.25, 0.3) is 0 Å². The van der Waals surface area contributed by atoms with E-state index in [2.05, 4.69) is 13.8 Å². The second-order valence-corrected chi connectivity index (χ2v) is 10.1. The number of esters is 1. The van der Waals surface area contributed by atoms with Crippen molar-refractivity contribution >= 4 is 11.8 Å². The molecule has 8 atom stereocenters. The number of hydrogen-bond donors (Lipinski definition) is 0. The van der Waals surface area contributed by atoms with Crippen molar-refractivity contribution in [2.75, 3.05) is 0 Å². The Kier molecular flexibility index (Phi) is 2.86. The fourth-order valence-electron chi connectivity index (χ4n) is 8.36. The van der Waals surface area contributed by atoms with E-state index in [1.165, 1.54) is 39.0 Å². The molecule has 1 spiro atoms. The Morgan fingerprint density at radius 1 is 1.08 bits per heavy atom. The van der Waals surface area contributed by atoms with Gasteiger partial charge in [0, 0.05) is 24.2 Å². The first-order valence-electron chi connectivity index (χ1n) is 10.0. The third kappa shape index (κ3) is 1.56. The molecule has 3 nitrogen and oxygen atoms in total. The Balaban J connectivity index is 1.48. The van der Waals surface area contributed by atoms with E-state index in [4.69, 9.17) is 4.74 Å². The van der Waals surface area contributed by atoms with E-state index >= 15 is 0 Å². The number of Topliss-reactive ketones (excluding diaryl/α,β-unsaturated/α-hetero) is 1. The first-order valence-corrected chi connectivity index (χ1v) is 10.0. The maximum atomic E-state index is 13.2. The molecule has 0 saturated heterocycles. The SMILES string of the molecule is CC(=O)O[C@H]1CC[C@H]2[C@@H]3CC(=O)C45CC4CC[C@]5(C)[C@H]3CC[C@]12C. The van der Waals surface area contributed by atoms with Crippen molar-refractivity contribution in [3.63, 3.8) is 0 Å². The minimum Gasteiger partial charge on any atom is -0.462 e. The number of carbonyl (C=O) groups excluding carboxylic acids is 2. The minimum absolute atomic E-state index is 0.0667. The Bertz CT molecular complexity index is 627. The van der Waals surface area contributed by atoms with Gasteiger partial charge in [0.1, 0.15) is 11.9 Å². The van der Waals surface area contributed by atoms with E-state index in [1.807, 2.05) is 0 Å². The van der Waals surface area contributed by atoms with Crippen LogP contribution in [0.2, 0.25) is 0 Å². The molecule has 132 valence electrons. The third-order valence-electron chi connectivity index (χ3n) is 9.53. The molecule has 0 aromatic heterocycles. The van der Waals surface area contributed by atoms with E-state index in [0.29, 0.717) is 23.5 Å². The Morgan fingerprint density at radius 3 is 2.58 bits per heavy atom. The normalized spacial score (nSPS) is 57.6. The van der Waals surface area contributed by atoms with Crippen LogP contribution in [0.3, 0.4) is 0 Å². The van der Waals surface area contributed by atoms with Crippen LogP contribution >= 0.6 is 0 Å². The standard InChI is InChI=1S/C21H30O3/c1-12(22)24-18-5-4-15-14-10-17(23)21-11-13(21)6-9-20(21,3)16(14)7-8-19(15,18)2/h13-16,18H,4-11H2,1-3H3/t13?,14-,15-,16-,18-,19-,20+,21?/m0/s1. The molecule has 0 amide bonds. The van der Waals surface area contributed by atoms with Gasteiger partial charge in [-0.05, 0) is 74.0 Å². The van der Waals surface area contributed by atoms with Crippen molar-refractivity contribution in [2.24, 2.45) is 39.9 Å². The molecule has 5 aliphatic carbocycles. The van der Waals surface area contributed by atoms with Crippen molar-refractivity contribution in [1.82, 2.24) is 0 Å². The molecule has 0 N–H and O–H groups in total. The van der Waals surface area contributed by atoms with E-state index in [1.54, 1.807) is 0 Å². The van der Waals surface area contributed by atoms with Crippen molar-refractivity contribution in [2.45, 2.75) is 78.2 Å². The largest absolute Gasteiger partial charge is 0.462 e. The van der Waals surface area contributed by atoms with E-state index in [-0.39, 0.29) is 28.3 Å². The summed E-state index contributed by atoms with van der Waals surface area (Å²) in [6.45, 7) is 6.32. The summed E-state index contributed by atoms with van der Waals surface area (Å²) in [5, 5.41) is 0. The lowest BCUT2D eigenvalue weighted by atomic mass is 9.46. The number of rotatable bonds is 1. The van der Waals surface area contributed by atoms with E-state index < -0.39 is 0 Å². The molecular formula is C21H30O3. The molecule has 5 aliphatic rings. The lowest BCUT2D eigenvalue weighted by Crippen LogP contribution is -2.55. The molecule has 2 unspecified atom stereocenters. The van der Waals surface area contributed by atoms with E-state index in [9.17, 15) is 9.59 Å².